The molecule has 0 spiro atoms. The molecule has 2 nitrogen and oxygen atoms in total. The Balaban J connectivity index is 1.78. The van der Waals surface area contributed by atoms with Crippen LogP contribution in [0.1, 0.15) is 24.8 Å². The molecule has 1 fully saturated rings. The summed E-state index contributed by atoms with van der Waals surface area (Å²) in [5.41, 5.74) is 7.04. The maximum Gasteiger partial charge on any atom is 0.123 e. The molecule has 0 unspecified atom stereocenters. The van der Waals surface area contributed by atoms with Crippen molar-refractivity contribution in [1.29, 1.82) is 0 Å². The van der Waals surface area contributed by atoms with E-state index in [0.717, 1.165) is 24.5 Å². The Morgan fingerprint density at radius 2 is 2.20 bits per heavy atom. The number of benzene rings is 1. The zero-order valence-electron chi connectivity index (χ0n) is 8.71. The Bertz CT molecular complexity index is 336. The van der Waals surface area contributed by atoms with E-state index in [-0.39, 0.29) is 5.82 Å². The van der Waals surface area contributed by atoms with Crippen LogP contribution in [0.5, 0.6) is 0 Å². The summed E-state index contributed by atoms with van der Waals surface area (Å²) < 4.78 is 18.3. The Hall–Kier alpha value is -1.09. The van der Waals surface area contributed by atoms with Gasteiger partial charge in [0, 0.05) is 17.9 Å². The highest BCUT2D eigenvalue weighted by Crippen LogP contribution is 2.32. The summed E-state index contributed by atoms with van der Waals surface area (Å²) in [6.45, 7) is 1.16. The Kier molecular flexibility index (Phi) is 3.21. The first-order valence-electron chi connectivity index (χ1n) is 5.37. The number of rotatable bonds is 5. The van der Waals surface area contributed by atoms with Gasteiger partial charge < -0.3 is 10.5 Å². The summed E-state index contributed by atoms with van der Waals surface area (Å²) in [4.78, 5) is 0. The summed E-state index contributed by atoms with van der Waals surface area (Å²) in [5.74, 6) is 0.611. The molecule has 1 aliphatic carbocycles. The maximum absolute atomic E-state index is 12.9. The molecular formula is C12H16FNO. The number of hydrogen-bond donors (Lipinski definition) is 1. The van der Waals surface area contributed by atoms with Crippen molar-refractivity contribution in [3.63, 3.8) is 0 Å². The zero-order valence-corrected chi connectivity index (χ0v) is 8.71. The number of ether oxygens (including phenoxy) is 1. The average Bonchev–Trinajstić information content (AvgIpc) is 3.01. The second-order valence-corrected chi connectivity index (χ2v) is 4.13. The lowest BCUT2D eigenvalue weighted by Crippen LogP contribution is -2.00. The van der Waals surface area contributed by atoms with E-state index in [9.17, 15) is 4.39 Å². The highest BCUT2D eigenvalue weighted by atomic mass is 19.1. The smallest absolute Gasteiger partial charge is 0.123 e. The van der Waals surface area contributed by atoms with Crippen molar-refractivity contribution in [2.24, 2.45) is 5.92 Å². The van der Waals surface area contributed by atoms with E-state index in [1.807, 2.05) is 0 Å². The quantitative estimate of drug-likeness (QED) is 0.597. The standard InChI is InChI=1S/C12H16FNO/c13-11-3-4-12(14)10(7-11)8-15-6-5-9-1-2-9/h3-4,7,9H,1-2,5-6,8,14H2. The normalized spacial score (nSPS) is 15.5. The van der Waals surface area contributed by atoms with Gasteiger partial charge in [-0.1, -0.05) is 12.8 Å². The molecule has 82 valence electrons. The summed E-state index contributed by atoms with van der Waals surface area (Å²) >= 11 is 0. The van der Waals surface area contributed by atoms with Crippen molar-refractivity contribution in [3.05, 3.63) is 29.6 Å². The van der Waals surface area contributed by atoms with Crippen molar-refractivity contribution in [1.82, 2.24) is 0 Å². The molecule has 0 amide bonds. The maximum atomic E-state index is 12.9. The van der Waals surface area contributed by atoms with Crippen LogP contribution in [0.15, 0.2) is 18.2 Å². The zero-order chi connectivity index (χ0) is 10.7. The van der Waals surface area contributed by atoms with E-state index < -0.39 is 0 Å². The van der Waals surface area contributed by atoms with Gasteiger partial charge in [0.05, 0.1) is 6.61 Å². The molecule has 1 aromatic carbocycles. The van der Waals surface area contributed by atoms with Crippen molar-refractivity contribution in [3.8, 4) is 0 Å². The fourth-order valence-electron chi connectivity index (χ4n) is 1.54. The molecule has 0 atom stereocenters. The second kappa shape index (κ2) is 4.62. The van der Waals surface area contributed by atoms with Crippen molar-refractivity contribution in [2.45, 2.75) is 25.9 Å². The fourth-order valence-corrected chi connectivity index (χ4v) is 1.54. The van der Waals surface area contributed by atoms with Crippen LogP contribution < -0.4 is 5.73 Å². The van der Waals surface area contributed by atoms with Crippen LogP contribution in [0, 0.1) is 11.7 Å². The minimum Gasteiger partial charge on any atom is -0.398 e. The van der Waals surface area contributed by atoms with Crippen molar-refractivity contribution >= 4 is 5.69 Å². The minimum atomic E-state index is -0.259. The first-order valence-corrected chi connectivity index (χ1v) is 5.37. The summed E-state index contributed by atoms with van der Waals surface area (Å²) in [6, 6.07) is 4.38. The van der Waals surface area contributed by atoms with Gasteiger partial charge >= 0.3 is 0 Å². The predicted octanol–water partition coefficient (Wildman–Crippen LogP) is 2.72. The number of nitrogens with two attached hydrogens (primary N) is 1. The number of halogens is 1. The lowest BCUT2D eigenvalue weighted by molar-refractivity contribution is 0.115. The van der Waals surface area contributed by atoms with Crippen molar-refractivity contribution < 1.29 is 9.13 Å². The van der Waals surface area contributed by atoms with Gasteiger partial charge in [-0.15, -0.1) is 0 Å². The summed E-state index contributed by atoms with van der Waals surface area (Å²) in [5, 5.41) is 0. The van der Waals surface area contributed by atoms with Crippen LogP contribution in [0.25, 0.3) is 0 Å². The highest BCUT2D eigenvalue weighted by molar-refractivity contribution is 5.46. The number of nitrogen functional groups attached to an aromatic ring is 1. The van der Waals surface area contributed by atoms with Crippen LogP contribution in [-0.4, -0.2) is 6.61 Å². The van der Waals surface area contributed by atoms with Gasteiger partial charge in [-0.3, -0.25) is 0 Å². The molecule has 0 bridgehead atoms. The number of hydrogen-bond acceptors (Lipinski definition) is 2. The van der Waals surface area contributed by atoms with Gasteiger partial charge in [0.25, 0.3) is 0 Å². The predicted molar refractivity (Wildman–Crippen MR) is 57.8 cm³/mol. The van der Waals surface area contributed by atoms with Crippen LogP contribution in [0.2, 0.25) is 0 Å². The molecule has 0 aliphatic heterocycles. The van der Waals surface area contributed by atoms with E-state index in [2.05, 4.69) is 0 Å². The molecule has 0 heterocycles. The molecule has 0 radical (unpaired) electrons. The van der Waals surface area contributed by atoms with E-state index in [1.165, 1.54) is 25.0 Å². The fraction of sp³-hybridized carbons (Fsp3) is 0.500. The molecule has 2 N–H and O–H groups in total. The van der Waals surface area contributed by atoms with Crippen LogP contribution in [0.3, 0.4) is 0 Å². The average molecular weight is 209 g/mol. The molecule has 3 heteroatoms. The lowest BCUT2D eigenvalue weighted by atomic mass is 10.2. The molecule has 0 saturated heterocycles. The Morgan fingerprint density at radius 3 is 2.93 bits per heavy atom. The summed E-state index contributed by atoms with van der Waals surface area (Å²) in [6.07, 6.45) is 3.80. The van der Waals surface area contributed by atoms with Gasteiger partial charge in [0.1, 0.15) is 5.82 Å². The van der Waals surface area contributed by atoms with Crippen LogP contribution >= 0.6 is 0 Å². The van der Waals surface area contributed by atoms with Crippen LogP contribution in [-0.2, 0) is 11.3 Å². The third kappa shape index (κ3) is 3.20. The molecule has 0 aromatic heterocycles. The third-order valence-corrected chi connectivity index (χ3v) is 2.73. The molecular weight excluding hydrogens is 193 g/mol. The first-order chi connectivity index (χ1) is 7.25. The molecule has 1 saturated carbocycles. The van der Waals surface area contributed by atoms with Gasteiger partial charge in [-0.25, -0.2) is 4.39 Å². The summed E-state index contributed by atoms with van der Waals surface area (Å²) in [7, 11) is 0. The third-order valence-electron chi connectivity index (χ3n) is 2.73. The molecule has 15 heavy (non-hydrogen) atoms. The van der Waals surface area contributed by atoms with Crippen molar-refractivity contribution in [2.75, 3.05) is 12.3 Å². The Morgan fingerprint density at radius 1 is 1.40 bits per heavy atom. The first kappa shape index (κ1) is 10.4. The molecule has 2 rings (SSSR count). The van der Waals surface area contributed by atoms with E-state index in [4.69, 9.17) is 10.5 Å². The SMILES string of the molecule is Nc1ccc(F)cc1COCCC1CC1. The van der Waals surface area contributed by atoms with Gasteiger partial charge in [-0.2, -0.15) is 0 Å². The van der Waals surface area contributed by atoms with Gasteiger partial charge in [0.2, 0.25) is 0 Å². The van der Waals surface area contributed by atoms with E-state index in [0.29, 0.717) is 12.3 Å². The van der Waals surface area contributed by atoms with E-state index >= 15 is 0 Å². The number of anilines is 1. The second-order valence-electron chi connectivity index (χ2n) is 4.13. The minimum absolute atomic E-state index is 0.259. The Labute approximate surface area is 89.2 Å². The van der Waals surface area contributed by atoms with Gasteiger partial charge in [-0.05, 0) is 30.5 Å². The molecule has 1 aliphatic rings. The largest absolute Gasteiger partial charge is 0.398 e. The lowest BCUT2D eigenvalue weighted by Gasteiger charge is -2.06. The molecule has 1 aromatic rings. The van der Waals surface area contributed by atoms with E-state index in [1.54, 1.807) is 6.07 Å². The van der Waals surface area contributed by atoms with Crippen LogP contribution in [0.4, 0.5) is 10.1 Å². The highest BCUT2D eigenvalue weighted by Gasteiger charge is 2.20. The monoisotopic (exact) mass is 209 g/mol. The topological polar surface area (TPSA) is 35.2 Å². The van der Waals surface area contributed by atoms with Gasteiger partial charge in [0.15, 0.2) is 0 Å².